The van der Waals surface area contributed by atoms with Gasteiger partial charge in [-0.3, -0.25) is 4.98 Å². The molecule has 0 saturated carbocycles. The number of hydrogen-bond donors (Lipinski definition) is 0. The maximum absolute atomic E-state index is 4.14. The molecule has 0 amide bonds. The molecule has 0 radical (unpaired) electrons. The molecule has 8 heavy (non-hydrogen) atoms. The topological polar surface area (TPSA) is 12.9 Å². The van der Waals surface area contributed by atoms with Gasteiger partial charge in [-0.1, -0.05) is 0 Å². The summed E-state index contributed by atoms with van der Waals surface area (Å²) in [6.07, 6.45) is 1.85. The highest BCUT2D eigenvalue weighted by atomic mass is 32.2. The van der Waals surface area contributed by atoms with Gasteiger partial charge in [-0.25, -0.2) is 0 Å². The van der Waals surface area contributed by atoms with Gasteiger partial charge in [-0.05, 0) is 12.1 Å². The van der Waals surface area contributed by atoms with Gasteiger partial charge in [-0.2, -0.15) is 0 Å². The van der Waals surface area contributed by atoms with Crippen LogP contribution < -0.4 is 0 Å². The summed E-state index contributed by atoms with van der Waals surface area (Å²) in [6, 6.07) is 4.08. The minimum atomic E-state index is 1.11. The molecular formula is C6H5NS. The fraction of sp³-hybridized carbons (Fsp3) is 0.167. The van der Waals surface area contributed by atoms with E-state index in [9.17, 15) is 0 Å². The van der Waals surface area contributed by atoms with Gasteiger partial charge in [0.2, 0.25) is 0 Å². The summed E-state index contributed by atoms with van der Waals surface area (Å²) in [5.74, 6) is 1.11. The van der Waals surface area contributed by atoms with E-state index in [-0.39, 0.29) is 0 Å². The largest absolute Gasteiger partial charge is 0.259 e. The molecule has 0 aromatic carbocycles. The van der Waals surface area contributed by atoms with E-state index in [0.717, 1.165) is 5.75 Å². The first-order valence-electron chi connectivity index (χ1n) is 2.53. The molecule has 0 saturated heterocycles. The number of thioether (sulfide) groups is 1. The van der Waals surface area contributed by atoms with Gasteiger partial charge in [0.05, 0.1) is 5.69 Å². The lowest BCUT2D eigenvalue weighted by Crippen LogP contribution is -1.97. The minimum absolute atomic E-state index is 1.11. The Bertz CT molecular complexity index is 186. The molecule has 40 valence electrons. The van der Waals surface area contributed by atoms with Crippen LogP contribution in [0.15, 0.2) is 23.2 Å². The zero-order valence-corrected chi connectivity index (χ0v) is 5.11. The first-order chi connectivity index (χ1) is 3.97. The van der Waals surface area contributed by atoms with Crippen molar-refractivity contribution in [1.29, 1.82) is 0 Å². The van der Waals surface area contributed by atoms with Crippen LogP contribution in [0.4, 0.5) is 0 Å². The molecule has 0 aliphatic carbocycles. The Hall–Kier alpha value is -0.500. The molecule has 0 bridgehead atoms. The summed E-state index contributed by atoms with van der Waals surface area (Å²) in [6.45, 7) is 0. The maximum Gasteiger partial charge on any atom is 0.0641 e. The summed E-state index contributed by atoms with van der Waals surface area (Å²) in [4.78, 5) is 5.50. The van der Waals surface area contributed by atoms with Crippen LogP contribution in [0.1, 0.15) is 5.69 Å². The third-order valence-electron chi connectivity index (χ3n) is 1.21. The number of pyridine rings is 1. The average molecular weight is 123 g/mol. The Morgan fingerprint density at radius 2 is 2.62 bits per heavy atom. The molecule has 0 unspecified atom stereocenters. The van der Waals surface area contributed by atoms with Gasteiger partial charge in [0.25, 0.3) is 0 Å². The van der Waals surface area contributed by atoms with E-state index >= 15 is 0 Å². The second kappa shape index (κ2) is 1.49. The molecule has 0 spiro atoms. The zero-order valence-electron chi connectivity index (χ0n) is 4.29. The molecule has 1 aromatic heterocycles. The minimum Gasteiger partial charge on any atom is -0.259 e. The summed E-state index contributed by atoms with van der Waals surface area (Å²) >= 11 is 1.87. The summed E-state index contributed by atoms with van der Waals surface area (Å²) in [5.41, 5.74) is 1.26. The zero-order chi connectivity index (χ0) is 5.40. The summed E-state index contributed by atoms with van der Waals surface area (Å²) in [7, 11) is 0. The van der Waals surface area contributed by atoms with Crippen LogP contribution in [0.3, 0.4) is 0 Å². The van der Waals surface area contributed by atoms with Crippen LogP contribution >= 0.6 is 11.8 Å². The second-order valence-electron chi connectivity index (χ2n) is 1.74. The Labute approximate surface area is 52.1 Å². The van der Waals surface area contributed by atoms with Crippen molar-refractivity contribution < 1.29 is 0 Å². The molecule has 0 N–H and O–H groups in total. The van der Waals surface area contributed by atoms with Crippen LogP contribution in [0.25, 0.3) is 0 Å². The Kier molecular flexibility index (Phi) is 0.815. The Morgan fingerprint density at radius 3 is 3.00 bits per heavy atom. The number of aromatic nitrogens is 1. The van der Waals surface area contributed by atoms with E-state index in [2.05, 4.69) is 11.1 Å². The molecule has 1 aromatic rings. The standard InChI is InChI=1S/C6H5NS/c1-2-6-5(4-8-6)7-3-1/h1-3H,4H2. The summed E-state index contributed by atoms with van der Waals surface area (Å²) < 4.78 is 0. The molecule has 1 nitrogen and oxygen atoms in total. The predicted octanol–water partition coefficient (Wildman–Crippen LogP) is 1.69. The van der Waals surface area contributed by atoms with E-state index in [1.165, 1.54) is 10.6 Å². The highest BCUT2D eigenvalue weighted by Gasteiger charge is 2.12. The SMILES string of the molecule is c1cnc2c(c1)SC2. The second-order valence-corrected chi connectivity index (χ2v) is 2.75. The van der Waals surface area contributed by atoms with Crippen LogP contribution in [0.2, 0.25) is 0 Å². The molecule has 0 fully saturated rings. The van der Waals surface area contributed by atoms with E-state index in [4.69, 9.17) is 0 Å². The smallest absolute Gasteiger partial charge is 0.0641 e. The van der Waals surface area contributed by atoms with Gasteiger partial charge in [0.1, 0.15) is 0 Å². The number of rotatable bonds is 0. The predicted molar refractivity (Wildman–Crippen MR) is 33.8 cm³/mol. The Morgan fingerprint density at radius 1 is 1.62 bits per heavy atom. The first-order valence-corrected chi connectivity index (χ1v) is 3.52. The van der Waals surface area contributed by atoms with E-state index in [1.807, 2.05) is 24.0 Å². The van der Waals surface area contributed by atoms with Crippen LogP contribution in [0.5, 0.6) is 0 Å². The van der Waals surface area contributed by atoms with Crippen LogP contribution in [0, 0.1) is 0 Å². The highest BCUT2D eigenvalue weighted by molar-refractivity contribution is 7.99. The monoisotopic (exact) mass is 123 g/mol. The van der Waals surface area contributed by atoms with Gasteiger partial charge in [0.15, 0.2) is 0 Å². The summed E-state index contributed by atoms with van der Waals surface area (Å²) in [5, 5.41) is 0. The molecule has 1 aliphatic heterocycles. The van der Waals surface area contributed by atoms with E-state index in [0.29, 0.717) is 0 Å². The third kappa shape index (κ3) is 0.464. The fourth-order valence-electron chi connectivity index (χ4n) is 0.729. The van der Waals surface area contributed by atoms with Crippen molar-refractivity contribution in [2.75, 3.05) is 0 Å². The van der Waals surface area contributed by atoms with Gasteiger partial charge < -0.3 is 0 Å². The van der Waals surface area contributed by atoms with Crippen molar-refractivity contribution >= 4 is 11.8 Å². The van der Waals surface area contributed by atoms with E-state index in [1.54, 1.807) is 0 Å². The van der Waals surface area contributed by atoms with Crippen LogP contribution in [-0.4, -0.2) is 4.98 Å². The quantitative estimate of drug-likeness (QED) is 0.520. The maximum atomic E-state index is 4.14. The lowest BCUT2D eigenvalue weighted by Gasteiger charge is -2.13. The molecule has 2 rings (SSSR count). The van der Waals surface area contributed by atoms with Crippen molar-refractivity contribution in [3.05, 3.63) is 24.0 Å². The fourth-order valence-corrected chi connectivity index (χ4v) is 1.47. The van der Waals surface area contributed by atoms with Crippen molar-refractivity contribution in [2.24, 2.45) is 0 Å². The van der Waals surface area contributed by atoms with Gasteiger partial charge in [0, 0.05) is 16.8 Å². The van der Waals surface area contributed by atoms with Gasteiger partial charge in [-0.15, -0.1) is 11.8 Å². The van der Waals surface area contributed by atoms with Crippen molar-refractivity contribution in [1.82, 2.24) is 4.98 Å². The van der Waals surface area contributed by atoms with E-state index < -0.39 is 0 Å². The third-order valence-corrected chi connectivity index (χ3v) is 2.31. The molecule has 0 atom stereocenters. The normalized spacial score (nSPS) is 14.5. The molecule has 2 heteroatoms. The first kappa shape index (κ1) is 4.39. The number of hydrogen-bond acceptors (Lipinski definition) is 2. The Balaban J connectivity index is 2.62. The van der Waals surface area contributed by atoms with Crippen molar-refractivity contribution in [3.63, 3.8) is 0 Å². The molecular weight excluding hydrogens is 118 g/mol. The molecule has 1 aliphatic rings. The lowest BCUT2D eigenvalue weighted by molar-refractivity contribution is 1.05. The van der Waals surface area contributed by atoms with Crippen molar-refractivity contribution in [2.45, 2.75) is 10.6 Å². The highest BCUT2D eigenvalue weighted by Crippen LogP contribution is 2.34. The number of nitrogens with zero attached hydrogens (tertiary/aromatic N) is 1. The lowest BCUT2D eigenvalue weighted by atomic mass is 10.4. The molecule has 2 heterocycles. The number of fused-ring (bicyclic) bond motifs is 1. The van der Waals surface area contributed by atoms with Gasteiger partial charge >= 0.3 is 0 Å². The average Bonchev–Trinajstić information content (AvgIpc) is 1.72. The van der Waals surface area contributed by atoms with Crippen LogP contribution in [-0.2, 0) is 5.75 Å². The van der Waals surface area contributed by atoms with Crippen molar-refractivity contribution in [3.8, 4) is 0 Å².